The van der Waals surface area contributed by atoms with Gasteiger partial charge in [0.25, 0.3) is 5.56 Å². The van der Waals surface area contributed by atoms with Crippen LogP contribution in [-0.4, -0.2) is 38.0 Å². The fraction of sp³-hybridized carbons (Fsp3) is 0.242. The Bertz CT molecular complexity index is 1940. The lowest BCUT2D eigenvalue weighted by molar-refractivity contribution is -0.136. The van der Waals surface area contributed by atoms with Gasteiger partial charge >= 0.3 is 5.97 Å². The average molecular weight is 761 g/mol. The Hall–Kier alpha value is -3.81. The molecule has 1 aromatic heterocycles. The van der Waals surface area contributed by atoms with E-state index in [2.05, 4.69) is 27.6 Å². The number of thiazole rings is 1. The standard InChI is InChI=1S/C33H30ClIN2O7S/c1-5-42-25-12-9-21(16-26(25)43-6-2)29-23(32(39)41-4)17-36-33-37(29)31(38)28(45-33)15-20-13-24(34)30(27(14-20)40-3)44-18-19-7-10-22(35)11-8-19/h7-17,29H,5-6,18H2,1-4H3/b28-15-/t29-/m0/s1. The van der Waals surface area contributed by atoms with Gasteiger partial charge in [0.2, 0.25) is 0 Å². The molecule has 5 rings (SSSR count). The van der Waals surface area contributed by atoms with Crippen LogP contribution < -0.4 is 33.8 Å². The van der Waals surface area contributed by atoms with Crippen LogP contribution in [0, 0.1) is 3.57 Å². The van der Waals surface area contributed by atoms with Crippen molar-refractivity contribution in [2.45, 2.75) is 26.5 Å². The number of methoxy groups -OCH3 is 2. The van der Waals surface area contributed by atoms with Crippen LogP contribution in [0.3, 0.4) is 0 Å². The molecule has 0 amide bonds. The summed E-state index contributed by atoms with van der Waals surface area (Å²) >= 11 is 10.1. The zero-order valence-corrected chi connectivity index (χ0v) is 28.7. The molecule has 234 valence electrons. The van der Waals surface area contributed by atoms with Gasteiger partial charge in [0.15, 0.2) is 27.8 Å². The van der Waals surface area contributed by atoms with Gasteiger partial charge in [-0.2, -0.15) is 0 Å². The first-order valence-electron chi connectivity index (χ1n) is 14.0. The molecule has 0 radical (unpaired) electrons. The molecule has 12 heteroatoms. The van der Waals surface area contributed by atoms with E-state index in [1.165, 1.54) is 36.3 Å². The zero-order chi connectivity index (χ0) is 32.1. The highest BCUT2D eigenvalue weighted by atomic mass is 127. The summed E-state index contributed by atoms with van der Waals surface area (Å²) < 4.78 is 31.2. The summed E-state index contributed by atoms with van der Waals surface area (Å²) in [6.45, 7) is 4.93. The van der Waals surface area contributed by atoms with Crippen molar-refractivity contribution in [2.75, 3.05) is 27.4 Å². The van der Waals surface area contributed by atoms with Crippen LogP contribution in [0.4, 0.5) is 0 Å². The molecule has 2 heterocycles. The van der Waals surface area contributed by atoms with E-state index in [9.17, 15) is 9.59 Å². The van der Waals surface area contributed by atoms with Gasteiger partial charge in [0, 0.05) is 9.77 Å². The minimum Gasteiger partial charge on any atom is -0.493 e. The second-order valence-electron chi connectivity index (χ2n) is 9.70. The van der Waals surface area contributed by atoms with Crippen LogP contribution in [-0.2, 0) is 16.1 Å². The highest BCUT2D eigenvalue weighted by Crippen LogP contribution is 2.38. The summed E-state index contributed by atoms with van der Waals surface area (Å²) in [6.07, 6.45) is 3.16. The quantitative estimate of drug-likeness (QED) is 0.144. The summed E-state index contributed by atoms with van der Waals surface area (Å²) in [5.41, 5.74) is 2.13. The molecule has 0 unspecified atom stereocenters. The van der Waals surface area contributed by atoms with Gasteiger partial charge < -0.3 is 23.7 Å². The summed E-state index contributed by atoms with van der Waals surface area (Å²) in [5, 5.41) is 0.336. The maximum Gasteiger partial charge on any atom is 0.337 e. The molecule has 1 aliphatic heterocycles. The van der Waals surface area contributed by atoms with Crippen LogP contribution in [0.25, 0.3) is 6.08 Å². The van der Waals surface area contributed by atoms with Crippen LogP contribution in [0.1, 0.15) is 36.6 Å². The van der Waals surface area contributed by atoms with Crippen molar-refractivity contribution in [3.05, 3.63) is 111 Å². The SMILES string of the molecule is CCOc1ccc([C@H]2C(C(=O)OC)=CN=c3s/c(=C\c4cc(Cl)c(OCc5ccc(I)cc5)c(OC)c4)c(=O)n32)cc1OCC. The Balaban J connectivity index is 1.56. The molecular formula is C33H30ClIN2O7S. The number of fused-ring (bicyclic) bond motifs is 1. The first kappa shape index (κ1) is 32.6. The Kier molecular flexibility index (Phi) is 10.5. The molecular weight excluding hydrogens is 731 g/mol. The number of esters is 1. The van der Waals surface area contributed by atoms with Gasteiger partial charge in [-0.3, -0.25) is 9.36 Å². The number of rotatable bonds is 11. The van der Waals surface area contributed by atoms with Crippen molar-refractivity contribution >= 4 is 57.6 Å². The van der Waals surface area contributed by atoms with Gasteiger partial charge in [-0.1, -0.05) is 41.1 Å². The second kappa shape index (κ2) is 14.5. The zero-order valence-electron chi connectivity index (χ0n) is 25.0. The lowest BCUT2D eigenvalue weighted by Crippen LogP contribution is -2.39. The molecule has 1 aliphatic rings. The fourth-order valence-electron chi connectivity index (χ4n) is 4.84. The molecule has 0 bridgehead atoms. The third kappa shape index (κ3) is 7.05. The Morgan fingerprint density at radius 3 is 2.42 bits per heavy atom. The normalized spacial score (nSPS) is 14.2. The van der Waals surface area contributed by atoms with Crippen LogP contribution in [0.5, 0.6) is 23.0 Å². The summed E-state index contributed by atoms with van der Waals surface area (Å²) in [7, 11) is 2.82. The molecule has 3 aromatic carbocycles. The number of hydrogen-bond acceptors (Lipinski definition) is 9. The van der Waals surface area contributed by atoms with E-state index >= 15 is 0 Å². The van der Waals surface area contributed by atoms with E-state index in [1.54, 1.807) is 36.4 Å². The van der Waals surface area contributed by atoms with E-state index in [1.807, 2.05) is 38.1 Å². The highest BCUT2D eigenvalue weighted by molar-refractivity contribution is 14.1. The number of ether oxygens (including phenoxy) is 5. The van der Waals surface area contributed by atoms with E-state index < -0.39 is 12.0 Å². The maximum atomic E-state index is 14.0. The predicted octanol–water partition coefficient (Wildman–Crippen LogP) is 5.66. The predicted molar refractivity (Wildman–Crippen MR) is 181 cm³/mol. The smallest absolute Gasteiger partial charge is 0.337 e. The van der Waals surface area contributed by atoms with Gasteiger partial charge in [-0.25, -0.2) is 9.79 Å². The first-order valence-corrected chi connectivity index (χ1v) is 16.3. The third-order valence-electron chi connectivity index (χ3n) is 6.85. The van der Waals surface area contributed by atoms with Crippen molar-refractivity contribution in [3.8, 4) is 23.0 Å². The summed E-state index contributed by atoms with van der Waals surface area (Å²) in [6, 6.07) is 16.0. The van der Waals surface area contributed by atoms with Crippen LogP contribution in [0.15, 0.2) is 76.2 Å². The first-order chi connectivity index (χ1) is 21.8. The minimum absolute atomic E-state index is 0.211. The molecule has 0 spiro atoms. The van der Waals surface area contributed by atoms with Gasteiger partial charge in [-0.15, -0.1) is 0 Å². The average Bonchev–Trinajstić information content (AvgIpc) is 3.35. The van der Waals surface area contributed by atoms with Crippen molar-refractivity contribution in [2.24, 2.45) is 4.99 Å². The number of nitrogens with zero attached hydrogens (tertiary/aromatic N) is 2. The van der Waals surface area contributed by atoms with Crippen molar-refractivity contribution in [3.63, 3.8) is 0 Å². The molecule has 0 N–H and O–H groups in total. The Labute approximate surface area is 282 Å². The van der Waals surface area contributed by atoms with E-state index in [-0.39, 0.29) is 11.1 Å². The van der Waals surface area contributed by atoms with Crippen molar-refractivity contribution in [1.29, 1.82) is 0 Å². The second-order valence-corrected chi connectivity index (χ2v) is 12.4. The number of carbonyl (C=O) groups excluding carboxylic acids is 1. The topological polar surface area (TPSA) is 97.6 Å². The number of halogens is 2. The highest BCUT2D eigenvalue weighted by Gasteiger charge is 2.31. The van der Waals surface area contributed by atoms with Crippen molar-refractivity contribution in [1.82, 2.24) is 4.57 Å². The van der Waals surface area contributed by atoms with E-state index in [0.29, 0.717) is 68.3 Å². The maximum absolute atomic E-state index is 14.0. The number of hydrogen-bond donors (Lipinski definition) is 0. The lowest BCUT2D eigenvalue weighted by atomic mass is 9.97. The molecule has 45 heavy (non-hydrogen) atoms. The fourth-order valence-corrected chi connectivity index (χ4v) is 6.44. The Morgan fingerprint density at radius 1 is 1.00 bits per heavy atom. The van der Waals surface area contributed by atoms with Crippen molar-refractivity contribution < 1.29 is 28.5 Å². The van der Waals surface area contributed by atoms with Gasteiger partial charge in [-0.05, 0) is 95.6 Å². The largest absolute Gasteiger partial charge is 0.493 e. The van der Waals surface area contributed by atoms with Gasteiger partial charge in [0.1, 0.15) is 6.61 Å². The van der Waals surface area contributed by atoms with Crippen LogP contribution >= 0.6 is 45.5 Å². The molecule has 4 aromatic rings. The molecule has 0 saturated carbocycles. The molecule has 9 nitrogen and oxygen atoms in total. The van der Waals surface area contributed by atoms with Gasteiger partial charge in [0.05, 0.1) is 48.6 Å². The molecule has 1 atom stereocenters. The summed E-state index contributed by atoms with van der Waals surface area (Å²) in [5.74, 6) is 1.31. The number of aromatic nitrogens is 1. The Morgan fingerprint density at radius 2 is 1.73 bits per heavy atom. The lowest BCUT2D eigenvalue weighted by Gasteiger charge is -2.23. The molecule has 0 saturated heterocycles. The van der Waals surface area contributed by atoms with Crippen LogP contribution in [0.2, 0.25) is 5.02 Å². The molecule has 0 aliphatic carbocycles. The number of carbonyl (C=O) groups is 1. The third-order valence-corrected chi connectivity index (χ3v) is 8.85. The monoisotopic (exact) mass is 760 g/mol. The van der Waals surface area contributed by atoms with E-state index in [0.717, 1.165) is 9.13 Å². The van der Waals surface area contributed by atoms with E-state index in [4.69, 9.17) is 35.3 Å². The minimum atomic E-state index is -0.805. The molecule has 0 fully saturated rings. The summed E-state index contributed by atoms with van der Waals surface area (Å²) in [4.78, 5) is 31.7. The number of benzene rings is 3.